The minimum absolute atomic E-state index is 0.0629. The van der Waals surface area contributed by atoms with Crippen LogP contribution in [0.5, 0.6) is 5.75 Å². The molecular weight excluding hydrogens is 472 g/mol. The highest BCUT2D eigenvalue weighted by Gasteiger charge is 2.38. The van der Waals surface area contributed by atoms with E-state index < -0.39 is 0 Å². The van der Waals surface area contributed by atoms with Crippen molar-refractivity contribution in [2.24, 2.45) is 4.99 Å². The van der Waals surface area contributed by atoms with E-state index in [9.17, 15) is 9.90 Å². The molecule has 0 spiro atoms. The zero-order valence-electron chi connectivity index (χ0n) is 15.6. The summed E-state index contributed by atoms with van der Waals surface area (Å²) < 4.78 is 0.495. The molecule has 0 atom stereocenters. The molecule has 0 radical (unpaired) electrons. The van der Waals surface area contributed by atoms with Crippen molar-refractivity contribution in [1.82, 2.24) is 4.90 Å². The van der Waals surface area contributed by atoms with Gasteiger partial charge in [-0.3, -0.25) is 9.69 Å². The van der Waals surface area contributed by atoms with E-state index in [1.807, 2.05) is 35.2 Å². The van der Waals surface area contributed by atoms with Gasteiger partial charge >= 0.3 is 0 Å². The van der Waals surface area contributed by atoms with Crippen LogP contribution in [0.1, 0.15) is 37.7 Å². The minimum Gasteiger partial charge on any atom is -0.506 e. The van der Waals surface area contributed by atoms with Gasteiger partial charge in [0.25, 0.3) is 5.91 Å². The number of amidine groups is 1. The lowest BCUT2D eigenvalue weighted by atomic mass is 9.94. The summed E-state index contributed by atoms with van der Waals surface area (Å²) in [6.07, 6.45) is 7.13. The molecule has 0 aromatic heterocycles. The van der Waals surface area contributed by atoms with Crippen molar-refractivity contribution in [2.45, 2.75) is 38.1 Å². The van der Waals surface area contributed by atoms with Crippen LogP contribution >= 0.6 is 39.3 Å². The third-order valence-electron chi connectivity index (χ3n) is 5.10. The normalized spacial score (nSPS) is 20.8. The van der Waals surface area contributed by atoms with Gasteiger partial charge in [-0.25, -0.2) is 4.99 Å². The maximum Gasteiger partial charge on any atom is 0.267 e. The molecule has 2 aromatic carbocycles. The zero-order valence-corrected chi connectivity index (χ0v) is 18.8. The number of benzene rings is 2. The lowest BCUT2D eigenvalue weighted by molar-refractivity contribution is -0.124. The highest BCUT2D eigenvalue weighted by atomic mass is 79.9. The number of hydrogen-bond donors (Lipinski definition) is 1. The quantitative estimate of drug-likeness (QED) is 0.483. The monoisotopic (exact) mass is 490 g/mol. The second-order valence-electron chi connectivity index (χ2n) is 7.13. The molecule has 4 nitrogen and oxygen atoms in total. The Morgan fingerprint density at radius 2 is 1.90 bits per heavy atom. The number of phenolic OH excluding ortho intramolecular Hbond substituents is 1. The number of carbonyl (C=O) groups is 1. The van der Waals surface area contributed by atoms with E-state index in [1.165, 1.54) is 18.2 Å². The number of aliphatic imine (C=N–C) groups is 1. The van der Waals surface area contributed by atoms with E-state index in [0.717, 1.165) is 31.4 Å². The summed E-state index contributed by atoms with van der Waals surface area (Å²) in [4.78, 5) is 20.5. The van der Waals surface area contributed by atoms with Gasteiger partial charge in [0.15, 0.2) is 5.17 Å². The molecule has 1 saturated carbocycles. The number of carbonyl (C=O) groups excluding carboxylic acids is 1. The minimum atomic E-state index is -0.0629. The summed E-state index contributed by atoms with van der Waals surface area (Å²) in [7, 11) is 0. The molecule has 1 heterocycles. The molecule has 7 heteroatoms. The standard InChI is InChI=1S/C22H20BrClN2O2S/c23-18-13-15(24)11-14(20(18)27)12-19-21(28)26(17-9-5-2-6-10-17)22(29-19)25-16-7-3-1-4-8-16/h1,3-4,7-8,11-13,17,27H,2,5-6,9-10H2/b19-12-,25-22?. The fourth-order valence-electron chi connectivity index (χ4n) is 3.68. The molecule has 0 unspecified atom stereocenters. The van der Waals surface area contributed by atoms with Crippen LogP contribution in [0.2, 0.25) is 5.02 Å². The highest BCUT2D eigenvalue weighted by Crippen LogP contribution is 2.40. The first-order valence-corrected chi connectivity index (χ1v) is 11.6. The number of phenols is 1. The Kier molecular flexibility index (Phi) is 6.32. The SMILES string of the molecule is O=C1/C(=C/c2cc(Cl)cc(Br)c2O)SC(=Nc2ccccc2)N1C1CCCCC1. The zero-order chi connectivity index (χ0) is 20.4. The van der Waals surface area contributed by atoms with E-state index in [0.29, 0.717) is 25.1 Å². The Morgan fingerprint density at radius 1 is 1.17 bits per heavy atom. The van der Waals surface area contributed by atoms with E-state index in [2.05, 4.69) is 15.9 Å². The molecule has 1 amide bonds. The van der Waals surface area contributed by atoms with E-state index in [-0.39, 0.29) is 17.7 Å². The fraction of sp³-hybridized carbons (Fsp3) is 0.273. The van der Waals surface area contributed by atoms with Crippen molar-refractivity contribution in [1.29, 1.82) is 0 Å². The first kappa shape index (κ1) is 20.5. The third kappa shape index (κ3) is 4.55. The lowest BCUT2D eigenvalue weighted by Gasteiger charge is -2.30. The van der Waals surface area contributed by atoms with Crippen molar-refractivity contribution < 1.29 is 9.90 Å². The molecule has 2 fully saturated rings. The van der Waals surface area contributed by atoms with Crippen LogP contribution in [-0.4, -0.2) is 27.1 Å². The first-order valence-electron chi connectivity index (χ1n) is 9.58. The molecule has 29 heavy (non-hydrogen) atoms. The predicted octanol–water partition coefficient (Wildman–Crippen LogP) is 6.74. The van der Waals surface area contributed by atoms with Gasteiger partial charge in [0.2, 0.25) is 0 Å². The lowest BCUT2D eigenvalue weighted by Crippen LogP contribution is -2.40. The Balaban J connectivity index is 1.74. The summed E-state index contributed by atoms with van der Waals surface area (Å²) in [5, 5.41) is 11.5. The molecule has 150 valence electrons. The van der Waals surface area contributed by atoms with E-state index >= 15 is 0 Å². The Labute approximate surface area is 187 Å². The van der Waals surface area contributed by atoms with Crippen molar-refractivity contribution in [3.63, 3.8) is 0 Å². The number of para-hydroxylation sites is 1. The van der Waals surface area contributed by atoms with Gasteiger partial charge in [0.05, 0.1) is 15.1 Å². The second-order valence-corrected chi connectivity index (χ2v) is 9.43. The number of rotatable bonds is 3. The summed E-state index contributed by atoms with van der Waals surface area (Å²) in [6.45, 7) is 0. The molecule has 1 saturated heterocycles. The Hall–Kier alpha value is -1.76. The smallest absolute Gasteiger partial charge is 0.267 e. The van der Waals surface area contributed by atoms with Crippen LogP contribution in [-0.2, 0) is 4.79 Å². The maximum atomic E-state index is 13.3. The second kappa shape index (κ2) is 8.94. The Bertz CT molecular complexity index is 988. The van der Waals surface area contributed by atoms with Crippen molar-refractivity contribution in [2.75, 3.05) is 0 Å². The number of aromatic hydroxyl groups is 1. The van der Waals surface area contributed by atoms with Gasteiger partial charge < -0.3 is 5.11 Å². The first-order chi connectivity index (χ1) is 14.0. The average molecular weight is 492 g/mol. The molecule has 1 N–H and O–H groups in total. The number of hydrogen-bond acceptors (Lipinski definition) is 4. The molecule has 1 aliphatic carbocycles. The molecule has 4 rings (SSSR count). The van der Waals surface area contributed by atoms with E-state index in [1.54, 1.807) is 18.2 Å². The van der Waals surface area contributed by atoms with Crippen LogP contribution < -0.4 is 0 Å². The molecule has 0 bridgehead atoms. The van der Waals surface area contributed by atoms with Gasteiger partial charge in [0, 0.05) is 16.6 Å². The summed E-state index contributed by atoms with van der Waals surface area (Å²) in [5.41, 5.74) is 1.32. The largest absolute Gasteiger partial charge is 0.506 e. The van der Waals surface area contributed by atoms with Gasteiger partial charge in [-0.1, -0.05) is 49.1 Å². The van der Waals surface area contributed by atoms with Gasteiger partial charge in [-0.2, -0.15) is 0 Å². The number of amides is 1. The fourth-order valence-corrected chi connectivity index (χ4v) is 5.56. The highest BCUT2D eigenvalue weighted by molar-refractivity contribution is 9.10. The van der Waals surface area contributed by atoms with Gasteiger partial charge in [0.1, 0.15) is 5.75 Å². The topological polar surface area (TPSA) is 52.9 Å². The number of nitrogens with zero attached hydrogens (tertiary/aromatic N) is 2. The summed E-state index contributed by atoms with van der Waals surface area (Å²) >= 11 is 10.8. The summed E-state index contributed by atoms with van der Waals surface area (Å²) in [5.74, 6) is 0.0000404. The van der Waals surface area contributed by atoms with Crippen LogP contribution in [0.15, 0.2) is 56.8 Å². The van der Waals surface area contributed by atoms with Crippen molar-refractivity contribution >= 4 is 62.1 Å². The molecule has 2 aromatic rings. The number of halogens is 2. The van der Waals surface area contributed by atoms with E-state index in [4.69, 9.17) is 16.6 Å². The third-order valence-corrected chi connectivity index (χ3v) is 6.91. The van der Waals surface area contributed by atoms with Crippen LogP contribution in [0.4, 0.5) is 5.69 Å². The van der Waals surface area contributed by atoms with Crippen molar-refractivity contribution in [3.05, 3.63) is 62.4 Å². The molecular formula is C22H20BrClN2O2S. The van der Waals surface area contributed by atoms with Crippen LogP contribution in [0.3, 0.4) is 0 Å². The molecule has 2 aliphatic rings. The van der Waals surface area contributed by atoms with Crippen molar-refractivity contribution in [3.8, 4) is 5.75 Å². The average Bonchev–Trinajstić information content (AvgIpc) is 3.02. The molecule has 1 aliphatic heterocycles. The van der Waals surface area contributed by atoms with Crippen LogP contribution in [0, 0.1) is 0 Å². The maximum absolute atomic E-state index is 13.3. The van der Waals surface area contributed by atoms with Gasteiger partial charge in [-0.15, -0.1) is 0 Å². The van der Waals surface area contributed by atoms with Gasteiger partial charge in [-0.05, 0) is 70.9 Å². The number of thioether (sulfide) groups is 1. The summed E-state index contributed by atoms with van der Waals surface area (Å²) in [6, 6.07) is 13.1. The predicted molar refractivity (Wildman–Crippen MR) is 124 cm³/mol. The van der Waals surface area contributed by atoms with Crippen LogP contribution in [0.25, 0.3) is 6.08 Å². The Morgan fingerprint density at radius 3 is 2.62 bits per heavy atom.